The lowest BCUT2D eigenvalue weighted by molar-refractivity contribution is -0.757. The molecule has 0 saturated carbocycles. The van der Waals surface area contributed by atoms with Crippen LogP contribution < -0.4 is 11.1 Å². The van der Waals surface area contributed by atoms with Crippen LogP contribution in [0.15, 0.2) is 0 Å². The highest BCUT2D eigenvalue weighted by Gasteiger charge is 2.10. The number of carbonyl (C=O) groups excluding carboxylic acids is 1. The fraction of sp³-hybridized carbons (Fsp3) is 0.800. The van der Waals surface area contributed by atoms with Gasteiger partial charge in [-0.1, -0.05) is 0 Å². The molecule has 0 aliphatic rings. The number of unbranched alkanes of at least 4 members (excludes halogenated alkanes) is 1. The maximum atomic E-state index is 11.2. The average Bonchev–Trinajstić information content (AvgIpc) is 2.33. The number of rotatable bonds is 11. The molecule has 4 N–H and O–H groups in total. The Bertz CT molecular complexity index is 310. The first-order chi connectivity index (χ1) is 8.93. The maximum Gasteiger partial charge on any atom is 0.320 e. The molecule has 0 heterocycles. The predicted octanol–water partition coefficient (Wildman–Crippen LogP) is -0.327. The maximum absolute atomic E-state index is 11.2. The van der Waals surface area contributed by atoms with Crippen molar-refractivity contribution >= 4 is 11.9 Å². The van der Waals surface area contributed by atoms with E-state index < -0.39 is 17.1 Å². The molecule has 9 nitrogen and oxygen atoms in total. The molecule has 0 radical (unpaired) electrons. The van der Waals surface area contributed by atoms with Gasteiger partial charge in [-0.15, -0.1) is 10.1 Å². The Hall–Kier alpha value is -1.90. The van der Waals surface area contributed by atoms with Crippen LogP contribution in [0.3, 0.4) is 0 Å². The van der Waals surface area contributed by atoms with Gasteiger partial charge in [0.2, 0.25) is 5.91 Å². The second-order valence-electron chi connectivity index (χ2n) is 3.95. The highest BCUT2D eigenvalue weighted by Crippen LogP contribution is 1.98. The second kappa shape index (κ2) is 10.1. The van der Waals surface area contributed by atoms with Crippen molar-refractivity contribution in [2.75, 3.05) is 13.2 Å². The zero-order chi connectivity index (χ0) is 14.7. The van der Waals surface area contributed by atoms with E-state index in [1.807, 2.05) is 0 Å². The van der Waals surface area contributed by atoms with Gasteiger partial charge < -0.3 is 21.0 Å². The minimum absolute atomic E-state index is 0.103. The molecular weight excluding hydrogens is 258 g/mol. The van der Waals surface area contributed by atoms with E-state index in [0.717, 1.165) is 0 Å². The number of nitrogens with one attached hydrogen (secondary N) is 1. The number of nitrogens with two attached hydrogens (primary N) is 1. The largest absolute Gasteiger partial charge is 0.480 e. The molecule has 9 heteroatoms. The fourth-order valence-electron chi connectivity index (χ4n) is 1.30. The van der Waals surface area contributed by atoms with Gasteiger partial charge in [0.15, 0.2) is 0 Å². The number of carboxylic acid groups (broad SMARTS) is 1. The number of carbonyl (C=O) groups is 2. The van der Waals surface area contributed by atoms with E-state index in [1.165, 1.54) is 0 Å². The van der Waals surface area contributed by atoms with Crippen LogP contribution in [0.5, 0.6) is 0 Å². The van der Waals surface area contributed by atoms with Crippen LogP contribution in [0.1, 0.15) is 32.1 Å². The van der Waals surface area contributed by atoms with Gasteiger partial charge in [0.05, 0.1) is 6.61 Å². The van der Waals surface area contributed by atoms with Gasteiger partial charge in [-0.3, -0.25) is 9.59 Å². The number of aliphatic carboxylic acids is 1. The number of hydrogen-bond donors (Lipinski definition) is 3. The summed E-state index contributed by atoms with van der Waals surface area (Å²) >= 11 is 0. The van der Waals surface area contributed by atoms with E-state index >= 15 is 0 Å². The zero-order valence-corrected chi connectivity index (χ0v) is 10.5. The molecule has 0 aliphatic heterocycles. The standard InChI is InChI=1S/C10H19N3O6/c11-8(10(15)16)4-1-2-6-12-9(14)5-3-7-19-13(17)18/h8H,1-7,11H2,(H,12,14)(H,15,16). The van der Waals surface area contributed by atoms with Crippen molar-refractivity contribution in [1.29, 1.82) is 0 Å². The summed E-state index contributed by atoms with van der Waals surface area (Å²) in [5.74, 6) is -1.25. The molecule has 1 unspecified atom stereocenters. The topological polar surface area (TPSA) is 145 Å². The number of hydrogen-bond acceptors (Lipinski definition) is 6. The summed E-state index contributed by atoms with van der Waals surface area (Å²) in [5.41, 5.74) is 5.31. The molecule has 0 aliphatic carbocycles. The van der Waals surface area contributed by atoms with Crippen molar-refractivity contribution in [3.05, 3.63) is 10.1 Å². The van der Waals surface area contributed by atoms with E-state index in [-0.39, 0.29) is 25.4 Å². The molecule has 0 spiro atoms. The SMILES string of the molecule is NC(CCCCNC(=O)CCCO[N+](=O)[O-])C(=O)O. The Morgan fingerprint density at radius 2 is 2.05 bits per heavy atom. The minimum atomic E-state index is -1.03. The summed E-state index contributed by atoms with van der Waals surface area (Å²) in [6.07, 6.45) is 2.04. The molecule has 110 valence electrons. The normalized spacial score (nSPS) is 11.6. The number of carboxylic acids is 1. The minimum Gasteiger partial charge on any atom is -0.480 e. The van der Waals surface area contributed by atoms with Gasteiger partial charge in [-0.2, -0.15) is 0 Å². The fourth-order valence-corrected chi connectivity index (χ4v) is 1.30. The molecule has 1 atom stereocenters. The van der Waals surface area contributed by atoms with Crippen LogP contribution in [0.4, 0.5) is 0 Å². The third-order valence-corrected chi connectivity index (χ3v) is 2.33. The van der Waals surface area contributed by atoms with Crippen LogP contribution in [0.25, 0.3) is 0 Å². The molecule has 0 fully saturated rings. The Morgan fingerprint density at radius 1 is 1.37 bits per heavy atom. The van der Waals surface area contributed by atoms with Crippen molar-refractivity contribution in [1.82, 2.24) is 5.32 Å². The molecule has 0 aromatic rings. The quantitative estimate of drug-likeness (QED) is 0.266. The Labute approximate surface area is 110 Å². The lowest BCUT2D eigenvalue weighted by Crippen LogP contribution is -2.30. The molecule has 19 heavy (non-hydrogen) atoms. The van der Waals surface area contributed by atoms with Crippen molar-refractivity contribution in [2.24, 2.45) is 5.73 Å². The lowest BCUT2D eigenvalue weighted by atomic mass is 10.1. The summed E-state index contributed by atoms with van der Waals surface area (Å²) in [5, 5.41) is 20.1. The Kier molecular flexibility index (Phi) is 9.06. The summed E-state index contributed by atoms with van der Waals surface area (Å²) in [7, 11) is 0. The van der Waals surface area contributed by atoms with Crippen molar-refractivity contribution in [3.63, 3.8) is 0 Å². The Balaban J connectivity index is 3.39. The third kappa shape index (κ3) is 10.9. The third-order valence-electron chi connectivity index (χ3n) is 2.33. The molecule has 0 aromatic heterocycles. The Morgan fingerprint density at radius 3 is 2.63 bits per heavy atom. The van der Waals surface area contributed by atoms with Crippen LogP contribution in [0.2, 0.25) is 0 Å². The second-order valence-corrected chi connectivity index (χ2v) is 3.95. The van der Waals surface area contributed by atoms with Crippen molar-refractivity contribution < 1.29 is 24.6 Å². The predicted molar refractivity (Wildman–Crippen MR) is 64.7 cm³/mol. The smallest absolute Gasteiger partial charge is 0.320 e. The van der Waals surface area contributed by atoms with Crippen molar-refractivity contribution in [2.45, 2.75) is 38.1 Å². The molecule has 0 rings (SSSR count). The first kappa shape index (κ1) is 17.1. The van der Waals surface area contributed by atoms with Gasteiger partial charge >= 0.3 is 5.97 Å². The summed E-state index contributed by atoms with van der Waals surface area (Å²) in [6, 6.07) is -0.866. The van der Waals surface area contributed by atoms with Crippen LogP contribution in [-0.2, 0) is 14.4 Å². The zero-order valence-electron chi connectivity index (χ0n) is 10.5. The highest BCUT2D eigenvalue weighted by molar-refractivity contribution is 5.75. The average molecular weight is 277 g/mol. The first-order valence-corrected chi connectivity index (χ1v) is 5.96. The molecule has 0 bridgehead atoms. The van der Waals surface area contributed by atoms with Gasteiger partial charge in [0.1, 0.15) is 6.04 Å². The van der Waals surface area contributed by atoms with Gasteiger partial charge in [-0.05, 0) is 25.7 Å². The highest BCUT2D eigenvalue weighted by atomic mass is 16.9. The molecule has 0 aromatic carbocycles. The molecule has 0 saturated heterocycles. The summed E-state index contributed by atoms with van der Waals surface area (Å²) < 4.78 is 0. The monoisotopic (exact) mass is 277 g/mol. The van der Waals surface area contributed by atoms with Crippen LogP contribution in [-0.4, -0.2) is 41.3 Å². The van der Waals surface area contributed by atoms with Crippen molar-refractivity contribution in [3.8, 4) is 0 Å². The summed E-state index contributed by atoms with van der Waals surface area (Å²) in [6.45, 7) is 0.329. The van der Waals surface area contributed by atoms with Gasteiger partial charge in [0, 0.05) is 13.0 Å². The number of nitrogens with zero attached hydrogens (tertiary/aromatic N) is 1. The van der Waals surface area contributed by atoms with Gasteiger partial charge in [-0.25, -0.2) is 0 Å². The number of amides is 1. The molecular formula is C10H19N3O6. The lowest BCUT2D eigenvalue weighted by Gasteiger charge is -2.07. The summed E-state index contributed by atoms with van der Waals surface area (Å²) in [4.78, 5) is 35.5. The van der Waals surface area contributed by atoms with E-state index in [2.05, 4.69) is 10.2 Å². The van der Waals surface area contributed by atoms with E-state index in [1.54, 1.807) is 0 Å². The first-order valence-electron chi connectivity index (χ1n) is 5.96. The van der Waals surface area contributed by atoms with E-state index in [0.29, 0.717) is 25.8 Å². The van der Waals surface area contributed by atoms with Gasteiger partial charge in [0.25, 0.3) is 5.09 Å². The van der Waals surface area contributed by atoms with Crippen LogP contribution >= 0.6 is 0 Å². The van der Waals surface area contributed by atoms with E-state index in [9.17, 15) is 19.7 Å². The van der Waals surface area contributed by atoms with E-state index in [4.69, 9.17) is 10.8 Å². The molecule has 1 amide bonds. The van der Waals surface area contributed by atoms with Crippen LogP contribution in [0, 0.1) is 10.1 Å².